The molecule has 2 aliphatic heterocycles. The first-order chi connectivity index (χ1) is 31.9. The van der Waals surface area contributed by atoms with Gasteiger partial charge in [-0.3, -0.25) is 0 Å². The Morgan fingerprint density at radius 1 is 0.923 bits per heavy atom. The fourth-order valence-corrected chi connectivity index (χ4v) is 10.9. The highest BCUT2D eigenvalue weighted by Crippen LogP contribution is 2.62. The standard InChI is InChI=1S/C53H78N2O9S/c1-5-7-8-9-10-11-12-13-14-20-35-60-52(58)55(3)48-38-46(54-64-49-24-17-21-34-59-49)44-36-39(22-15-18-31-56)43(23-16-19-32-57)50-45-37-41(62-40-25-28-42(65-4)29-26-40)27-30-47(45)63-53(48,51(44)50)61-33-6-2/h6,25-30,36-37,39,43,48-51,56-57H,2,5,7-24,31-35,38H2,1,3-4H3. The van der Waals surface area contributed by atoms with Crippen LogP contribution in [0.3, 0.4) is 0 Å². The predicted octanol–water partition coefficient (Wildman–Crippen LogP) is 12.4. The molecular weight excluding hydrogens is 841 g/mol. The van der Waals surface area contributed by atoms with E-state index in [4.69, 9.17) is 33.7 Å². The predicted molar refractivity (Wildman–Crippen MR) is 259 cm³/mol. The van der Waals surface area contributed by atoms with Crippen LogP contribution < -0.4 is 9.47 Å². The van der Waals surface area contributed by atoms with Crippen LogP contribution in [0, 0.1) is 17.8 Å². The Kier molecular flexibility index (Phi) is 20.9. The first-order valence-corrected chi connectivity index (χ1v) is 26.2. The van der Waals surface area contributed by atoms with Gasteiger partial charge >= 0.3 is 6.09 Å². The Balaban J connectivity index is 1.38. The van der Waals surface area contributed by atoms with Gasteiger partial charge in [0.15, 0.2) is 0 Å². The molecule has 7 unspecified atom stereocenters. The van der Waals surface area contributed by atoms with Crippen molar-refractivity contribution in [3.8, 4) is 17.2 Å². The summed E-state index contributed by atoms with van der Waals surface area (Å²) < 4.78 is 33.0. The number of unbranched alkanes of at least 4 members (excludes halogenated alkanes) is 11. The van der Waals surface area contributed by atoms with E-state index < -0.39 is 30.1 Å². The average Bonchev–Trinajstić information content (AvgIpc) is 3.33. The molecule has 2 N–H and O–H groups in total. The number of allylic oxidation sites excluding steroid dienone is 1. The Hall–Kier alpha value is -3.55. The number of amides is 1. The van der Waals surface area contributed by atoms with Gasteiger partial charge in [0.1, 0.15) is 23.3 Å². The lowest BCUT2D eigenvalue weighted by molar-refractivity contribution is -0.254. The molecule has 2 heterocycles. The van der Waals surface area contributed by atoms with E-state index in [0.717, 1.165) is 91.7 Å². The molecule has 11 nitrogen and oxygen atoms in total. The second-order valence-corrected chi connectivity index (χ2v) is 19.2. The number of aliphatic hydroxyl groups is 2. The number of nitrogens with zero attached hydrogens (tertiary/aromatic N) is 2. The Bertz CT molecular complexity index is 1820. The minimum absolute atomic E-state index is 0.0932. The van der Waals surface area contributed by atoms with E-state index in [-0.39, 0.29) is 37.6 Å². The third-order valence-corrected chi connectivity index (χ3v) is 14.6. The van der Waals surface area contributed by atoms with Crippen LogP contribution in [0.15, 0.2) is 76.8 Å². The van der Waals surface area contributed by atoms with Gasteiger partial charge in [0.2, 0.25) is 12.1 Å². The lowest BCUT2D eigenvalue weighted by atomic mass is 9.55. The number of rotatable bonds is 28. The third-order valence-electron chi connectivity index (χ3n) is 13.8. The normalized spacial score (nSPS) is 25.2. The van der Waals surface area contributed by atoms with E-state index >= 15 is 0 Å². The maximum Gasteiger partial charge on any atom is 0.409 e. The van der Waals surface area contributed by atoms with Crippen molar-refractivity contribution in [2.24, 2.45) is 22.9 Å². The molecule has 2 fully saturated rings. The van der Waals surface area contributed by atoms with Crippen molar-refractivity contribution in [2.45, 2.75) is 164 Å². The van der Waals surface area contributed by atoms with Crippen molar-refractivity contribution in [3.05, 3.63) is 72.3 Å². The number of carbonyl (C=O) groups excluding carboxylic acids is 1. The van der Waals surface area contributed by atoms with Gasteiger partial charge in [-0.05, 0) is 111 Å². The minimum atomic E-state index is -1.36. The zero-order chi connectivity index (χ0) is 45.9. The zero-order valence-corrected chi connectivity index (χ0v) is 40.4. The van der Waals surface area contributed by atoms with Crippen LogP contribution >= 0.6 is 11.8 Å². The molecule has 1 amide bonds. The van der Waals surface area contributed by atoms with E-state index in [1.807, 2.05) is 24.3 Å². The molecule has 12 heteroatoms. The molecule has 7 atom stereocenters. The largest absolute Gasteiger partial charge is 0.459 e. The molecule has 65 heavy (non-hydrogen) atoms. The van der Waals surface area contributed by atoms with Crippen LogP contribution in [0.1, 0.15) is 147 Å². The average molecular weight is 919 g/mol. The summed E-state index contributed by atoms with van der Waals surface area (Å²) in [6.07, 6.45) is 25.0. The summed E-state index contributed by atoms with van der Waals surface area (Å²) in [5.74, 6) is 0.356. The highest BCUT2D eigenvalue weighted by Gasteiger charge is 2.65. The summed E-state index contributed by atoms with van der Waals surface area (Å²) in [6, 6.07) is 13.5. The lowest BCUT2D eigenvalue weighted by Crippen LogP contribution is -2.69. The molecule has 1 saturated heterocycles. The van der Waals surface area contributed by atoms with Crippen molar-refractivity contribution in [3.63, 3.8) is 0 Å². The van der Waals surface area contributed by atoms with E-state index in [1.165, 1.54) is 44.9 Å². The molecule has 0 aromatic heterocycles. The number of hydrogen-bond acceptors (Lipinski definition) is 11. The van der Waals surface area contributed by atoms with Crippen LogP contribution in [0.25, 0.3) is 0 Å². The van der Waals surface area contributed by atoms with Gasteiger partial charge in [0, 0.05) is 49.5 Å². The second-order valence-electron chi connectivity index (χ2n) is 18.4. The zero-order valence-electron chi connectivity index (χ0n) is 39.6. The number of aliphatic hydroxyl groups excluding tert-OH is 2. The summed E-state index contributed by atoms with van der Waals surface area (Å²) in [6.45, 7) is 7.69. The fraction of sp³-hybridized carbons (Fsp3) is 0.660. The Labute approximate surface area is 393 Å². The number of oxime groups is 1. The van der Waals surface area contributed by atoms with E-state index in [9.17, 15) is 15.0 Å². The van der Waals surface area contributed by atoms with Crippen molar-refractivity contribution in [2.75, 3.05) is 46.3 Å². The molecule has 2 aromatic carbocycles. The number of hydrogen-bond donors (Lipinski definition) is 2. The topological polar surface area (TPSA) is 129 Å². The highest BCUT2D eigenvalue weighted by molar-refractivity contribution is 7.98. The Morgan fingerprint density at radius 3 is 2.31 bits per heavy atom. The van der Waals surface area contributed by atoms with Crippen LogP contribution in [0.4, 0.5) is 4.79 Å². The van der Waals surface area contributed by atoms with Gasteiger partial charge in [-0.2, -0.15) is 0 Å². The minimum Gasteiger partial charge on any atom is -0.459 e. The number of ether oxygens (including phenoxy) is 5. The van der Waals surface area contributed by atoms with Crippen molar-refractivity contribution in [1.82, 2.24) is 4.90 Å². The molecule has 2 aromatic rings. The number of benzene rings is 2. The smallest absolute Gasteiger partial charge is 0.409 e. The second kappa shape index (κ2) is 26.7. The van der Waals surface area contributed by atoms with E-state index in [1.54, 1.807) is 29.8 Å². The van der Waals surface area contributed by atoms with Crippen LogP contribution in [-0.4, -0.2) is 91.4 Å². The molecule has 0 spiro atoms. The first-order valence-electron chi connectivity index (χ1n) is 24.9. The maximum atomic E-state index is 14.3. The molecular formula is C53H78N2O9S. The van der Waals surface area contributed by atoms with Crippen molar-refractivity contribution >= 4 is 23.6 Å². The highest BCUT2D eigenvalue weighted by atomic mass is 32.2. The molecule has 4 aliphatic rings. The SMILES string of the molecule is C=CCOC12Oc3ccc(Oc4ccc(SC)cc4)cc3C3C(CCCCO)C(CCCCO)C=C(C(=NOC4CCCCO4)CC1N(C)C(=O)OCCCCCCCCCCCC)C32. The van der Waals surface area contributed by atoms with Crippen LogP contribution in [-0.2, 0) is 19.0 Å². The van der Waals surface area contributed by atoms with Gasteiger partial charge in [-0.1, -0.05) is 94.9 Å². The maximum absolute atomic E-state index is 14.3. The molecule has 0 bridgehead atoms. The lowest BCUT2D eigenvalue weighted by Gasteiger charge is -2.59. The molecule has 0 radical (unpaired) electrons. The summed E-state index contributed by atoms with van der Waals surface area (Å²) in [5, 5.41) is 24.9. The van der Waals surface area contributed by atoms with Crippen LogP contribution in [0.5, 0.6) is 17.2 Å². The van der Waals surface area contributed by atoms with Crippen molar-refractivity contribution in [1.29, 1.82) is 0 Å². The summed E-state index contributed by atoms with van der Waals surface area (Å²) in [5.41, 5.74) is 2.72. The fourth-order valence-electron chi connectivity index (χ4n) is 10.5. The molecule has 6 rings (SSSR count). The number of thioether (sulfide) groups is 1. The summed E-state index contributed by atoms with van der Waals surface area (Å²) in [4.78, 5) is 23.4. The van der Waals surface area contributed by atoms with Gasteiger partial charge in [0.25, 0.3) is 0 Å². The molecule has 360 valence electrons. The molecule has 2 aliphatic carbocycles. The monoisotopic (exact) mass is 919 g/mol. The number of likely N-dealkylation sites (N-methyl/N-ethyl adjacent to an activating group) is 1. The van der Waals surface area contributed by atoms with Gasteiger partial charge in [0.05, 0.1) is 31.5 Å². The number of fused-ring (bicyclic) bond motifs is 2. The first kappa shape index (κ1) is 50.9. The van der Waals surface area contributed by atoms with Gasteiger partial charge in [-0.25, -0.2) is 4.79 Å². The van der Waals surface area contributed by atoms with Gasteiger partial charge in [-0.15, -0.1) is 18.3 Å². The van der Waals surface area contributed by atoms with E-state index in [0.29, 0.717) is 44.0 Å². The summed E-state index contributed by atoms with van der Waals surface area (Å²) in [7, 11) is 1.79. The third kappa shape index (κ3) is 13.6. The Morgan fingerprint density at radius 2 is 1.63 bits per heavy atom. The summed E-state index contributed by atoms with van der Waals surface area (Å²) >= 11 is 1.69. The van der Waals surface area contributed by atoms with Crippen molar-refractivity contribution < 1.29 is 43.5 Å². The molecule has 1 saturated carbocycles. The van der Waals surface area contributed by atoms with Crippen LogP contribution in [0.2, 0.25) is 0 Å². The quantitative estimate of drug-likeness (QED) is 0.0368. The van der Waals surface area contributed by atoms with Gasteiger partial charge < -0.3 is 43.6 Å². The number of carbonyl (C=O) groups is 1. The van der Waals surface area contributed by atoms with E-state index in [2.05, 4.69) is 44.0 Å².